The van der Waals surface area contributed by atoms with Crippen LogP contribution in [0.25, 0.3) is 11.7 Å². The molecule has 2 aromatic heterocycles. The number of hydrogen-bond donors (Lipinski definition) is 1. The Hall–Kier alpha value is -3.32. The van der Waals surface area contributed by atoms with E-state index >= 15 is 0 Å². The van der Waals surface area contributed by atoms with Gasteiger partial charge >= 0.3 is 6.03 Å². The second kappa shape index (κ2) is 8.59. The van der Waals surface area contributed by atoms with Crippen LogP contribution < -0.4 is 5.32 Å². The van der Waals surface area contributed by atoms with Crippen molar-refractivity contribution in [3.8, 4) is 0 Å². The van der Waals surface area contributed by atoms with Gasteiger partial charge in [0.25, 0.3) is 0 Å². The van der Waals surface area contributed by atoms with Crippen molar-refractivity contribution in [1.29, 1.82) is 0 Å². The van der Waals surface area contributed by atoms with Crippen LogP contribution in [0, 0.1) is 6.92 Å². The van der Waals surface area contributed by atoms with Gasteiger partial charge in [-0.15, -0.1) is 0 Å². The molecule has 0 unspecified atom stereocenters. The highest BCUT2D eigenvalue weighted by Gasteiger charge is 2.23. The van der Waals surface area contributed by atoms with Crippen molar-refractivity contribution >= 4 is 40.9 Å². The van der Waals surface area contributed by atoms with Crippen LogP contribution in [0.15, 0.2) is 54.7 Å². The summed E-state index contributed by atoms with van der Waals surface area (Å²) in [4.78, 5) is 32.8. The van der Waals surface area contributed by atoms with E-state index in [1.165, 1.54) is 6.08 Å². The SMILES string of the molecule is Cc1cccc(NC(=O)N2CCN(C(=O)/C=C/c3c(Cl)nc4ccccn34)CC2)c1. The van der Waals surface area contributed by atoms with E-state index in [0.29, 0.717) is 37.0 Å². The molecule has 0 atom stereocenters. The first-order valence-corrected chi connectivity index (χ1v) is 10.1. The molecule has 1 fully saturated rings. The van der Waals surface area contributed by atoms with Gasteiger partial charge in [-0.3, -0.25) is 9.20 Å². The number of amides is 3. The molecule has 0 spiro atoms. The van der Waals surface area contributed by atoms with E-state index in [1.807, 2.05) is 60.0 Å². The number of anilines is 1. The van der Waals surface area contributed by atoms with Crippen LogP contribution in [0.1, 0.15) is 11.3 Å². The minimum Gasteiger partial charge on any atom is -0.336 e. The molecule has 3 aromatic rings. The number of carbonyl (C=O) groups excluding carboxylic acids is 2. The molecule has 7 nitrogen and oxygen atoms in total. The maximum absolute atomic E-state index is 12.6. The molecule has 1 aromatic carbocycles. The monoisotopic (exact) mass is 423 g/mol. The average molecular weight is 424 g/mol. The van der Waals surface area contributed by atoms with Crippen molar-refractivity contribution in [2.75, 3.05) is 31.5 Å². The lowest BCUT2D eigenvalue weighted by Crippen LogP contribution is -2.51. The zero-order chi connectivity index (χ0) is 21.1. The van der Waals surface area contributed by atoms with Crippen molar-refractivity contribution in [2.24, 2.45) is 0 Å². The Balaban J connectivity index is 1.34. The molecule has 3 heterocycles. The molecular weight excluding hydrogens is 402 g/mol. The zero-order valence-corrected chi connectivity index (χ0v) is 17.3. The third-order valence-corrected chi connectivity index (χ3v) is 5.33. The van der Waals surface area contributed by atoms with E-state index in [-0.39, 0.29) is 11.9 Å². The van der Waals surface area contributed by atoms with Crippen LogP contribution >= 0.6 is 11.6 Å². The van der Waals surface area contributed by atoms with E-state index in [2.05, 4.69) is 10.3 Å². The molecule has 0 radical (unpaired) electrons. The first-order valence-electron chi connectivity index (χ1n) is 9.73. The fourth-order valence-electron chi connectivity index (χ4n) is 3.45. The lowest BCUT2D eigenvalue weighted by molar-refractivity contribution is -0.127. The standard InChI is InChI=1S/C22H22ClN5O2/c1-16-5-4-6-17(15-16)24-22(30)27-13-11-26(12-14-27)20(29)9-8-18-21(23)25-19-7-2-3-10-28(18)19/h2-10,15H,11-14H2,1H3,(H,24,30)/b9-8+. The van der Waals surface area contributed by atoms with Gasteiger partial charge in [-0.25, -0.2) is 9.78 Å². The minimum atomic E-state index is -0.152. The molecule has 1 aliphatic heterocycles. The Labute approximate surface area is 179 Å². The number of imidazole rings is 1. The van der Waals surface area contributed by atoms with E-state index < -0.39 is 0 Å². The Bertz CT molecular complexity index is 1120. The zero-order valence-electron chi connectivity index (χ0n) is 16.6. The van der Waals surface area contributed by atoms with Crippen molar-refractivity contribution in [3.05, 3.63) is 71.1 Å². The highest BCUT2D eigenvalue weighted by Crippen LogP contribution is 2.19. The quantitative estimate of drug-likeness (QED) is 0.653. The number of pyridine rings is 1. The number of halogens is 1. The molecule has 1 aliphatic rings. The minimum absolute atomic E-state index is 0.115. The van der Waals surface area contributed by atoms with Gasteiger partial charge in [-0.05, 0) is 42.8 Å². The van der Waals surface area contributed by atoms with E-state index in [1.54, 1.807) is 15.9 Å². The summed E-state index contributed by atoms with van der Waals surface area (Å²) < 4.78 is 1.83. The largest absolute Gasteiger partial charge is 0.336 e. The highest BCUT2D eigenvalue weighted by atomic mass is 35.5. The number of aryl methyl sites for hydroxylation is 1. The molecule has 3 amide bonds. The fourth-order valence-corrected chi connectivity index (χ4v) is 3.69. The molecule has 4 rings (SSSR count). The summed E-state index contributed by atoms with van der Waals surface area (Å²) in [5.41, 5.74) is 3.24. The summed E-state index contributed by atoms with van der Waals surface area (Å²) >= 11 is 6.21. The van der Waals surface area contributed by atoms with Gasteiger partial charge in [0.05, 0.1) is 5.69 Å². The van der Waals surface area contributed by atoms with E-state index in [0.717, 1.165) is 16.9 Å². The number of aromatic nitrogens is 2. The first kappa shape index (κ1) is 20.0. The van der Waals surface area contributed by atoms with E-state index in [9.17, 15) is 9.59 Å². The highest BCUT2D eigenvalue weighted by molar-refractivity contribution is 6.31. The Morgan fingerprint density at radius 1 is 1.07 bits per heavy atom. The number of carbonyl (C=O) groups is 2. The number of nitrogens with zero attached hydrogens (tertiary/aromatic N) is 4. The maximum atomic E-state index is 12.6. The Morgan fingerprint density at radius 3 is 2.60 bits per heavy atom. The smallest absolute Gasteiger partial charge is 0.321 e. The number of nitrogens with one attached hydrogen (secondary N) is 1. The van der Waals surface area contributed by atoms with Crippen molar-refractivity contribution in [2.45, 2.75) is 6.92 Å². The molecule has 30 heavy (non-hydrogen) atoms. The number of piperazine rings is 1. The lowest BCUT2D eigenvalue weighted by atomic mass is 10.2. The molecular formula is C22H22ClN5O2. The third kappa shape index (κ3) is 4.31. The van der Waals surface area contributed by atoms with Crippen molar-refractivity contribution in [3.63, 3.8) is 0 Å². The average Bonchev–Trinajstić information content (AvgIpc) is 3.07. The number of benzene rings is 1. The Morgan fingerprint density at radius 2 is 1.83 bits per heavy atom. The van der Waals surface area contributed by atoms with Gasteiger partial charge in [-0.1, -0.05) is 29.8 Å². The van der Waals surface area contributed by atoms with Gasteiger partial charge < -0.3 is 15.1 Å². The maximum Gasteiger partial charge on any atom is 0.321 e. The molecule has 154 valence electrons. The summed E-state index contributed by atoms with van der Waals surface area (Å²) in [6.45, 7) is 3.89. The lowest BCUT2D eigenvalue weighted by Gasteiger charge is -2.34. The molecule has 1 saturated heterocycles. The fraction of sp³-hybridized carbons (Fsp3) is 0.227. The molecule has 0 aliphatic carbocycles. The third-order valence-electron chi connectivity index (χ3n) is 5.05. The predicted octanol–water partition coefficient (Wildman–Crippen LogP) is 3.69. The second-order valence-corrected chi connectivity index (χ2v) is 7.52. The summed E-state index contributed by atoms with van der Waals surface area (Å²) in [6.07, 6.45) is 5.04. The van der Waals surface area contributed by atoms with Crippen LogP contribution in [0.5, 0.6) is 0 Å². The predicted molar refractivity (Wildman–Crippen MR) is 118 cm³/mol. The van der Waals surface area contributed by atoms with Crippen molar-refractivity contribution in [1.82, 2.24) is 19.2 Å². The molecule has 0 saturated carbocycles. The van der Waals surface area contributed by atoms with Crippen LogP contribution in [0.4, 0.5) is 10.5 Å². The first-order chi connectivity index (χ1) is 14.5. The van der Waals surface area contributed by atoms with Gasteiger partial charge in [0.2, 0.25) is 5.91 Å². The topological polar surface area (TPSA) is 70.0 Å². The molecule has 1 N–H and O–H groups in total. The number of fused-ring (bicyclic) bond motifs is 1. The van der Waals surface area contributed by atoms with Gasteiger partial charge in [0.1, 0.15) is 5.65 Å². The summed E-state index contributed by atoms with van der Waals surface area (Å²) in [7, 11) is 0. The van der Waals surface area contributed by atoms with Gasteiger partial charge in [0, 0.05) is 44.1 Å². The van der Waals surface area contributed by atoms with E-state index in [4.69, 9.17) is 11.6 Å². The van der Waals surface area contributed by atoms with Gasteiger partial charge in [-0.2, -0.15) is 0 Å². The van der Waals surface area contributed by atoms with Gasteiger partial charge in [0.15, 0.2) is 5.15 Å². The normalized spacial score (nSPS) is 14.5. The van der Waals surface area contributed by atoms with Crippen LogP contribution in [-0.2, 0) is 4.79 Å². The second-order valence-electron chi connectivity index (χ2n) is 7.16. The number of urea groups is 1. The summed E-state index contributed by atoms with van der Waals surface area (Å²) in [6, 6.07) is 13.1. The van der Waals surface area contributed by atoms with Crippen LogP contribution in [-0.4, -0.2) is 57.3 Å². The number of hydrogen-bond acceptors (Lipinski definition) is 3. The molecule has 8 heteroatoms. The summed E-state index contributed by atoms with van der Waals surface area (Å²) in [5, 5.41) is 3.26. The summed E-state index contributed by atoms with van der Waals surface area (Å²) in [5.74, 6) is -0.115. The van der Waals surface area contributed by atoms with Crippen LogP contribution in [0.3, 0.4) is 0 Å². The number of rotatable bonds is 3. The Kier molecular flexibility index (Phi) is 5.72. The molecule has 0 bridgehead atoms. The van der Waals surface area contributed by atoms with Crippen LogP contribution in [0.2, 0.25) is 5.15 Å². The van der Waals surface area contributed by atoms with Crippen molar-refractivity contribution < 1.29 is 9.59 Å².